The second kappa shape index (κ2) is 4.30. The molecule has 7 nitrogen and oxygen atoms in total. The van der Waals surface area contributed by atoms with Crippen molar-refractivity contribution in [1.82, 2.24) is 30.1 Å². The summed E-state index contributed by atoms with van der Waals surface area (Å²) in [5.74, 6) is 2.50. The van der Waals surface area contributed by atoms with Gasteiger partial charge in [0.1, 0.15) is 16.9 Å². The number of hydrogen-bond donors (Lipinski definition) is 1. The lowest BCUT2D eigenvalue weighted by atomic mass is 10.4. The maximum absolute atomic E-state index is 5.61. The summed E-state index contributed by atoms with van der Waals surface area (Å²) < 4.78 is 5.61. The van der Waals surface area contributed by atoms with E-state index in [9.17, 15) is 0 Å². The number of aromatic nitrogens is 6. The van der Waals surface area contributed by atoms with Crippen LogP contribution in [0.25, 0.3) is 11.2 Å². The van der Waals surface area contributed by atoms with Crippen LogP contribution in [-0.2, 0) is 5.75 Å². The first-order valence-electron chi connectivity index (χ1n) is 5.99. The Hall–Kier alpha value is -1.96. The van der Waals surface area contributed by atoms with Crippen molar-refractivity contribution in [3.05, 3.63) is 24.4 Å². The number of imidazole rings is 1. The zero-order valence-corrected chi connectivity index (χ0v) is 10.7. The lowest BCUT2D eigenvalue weighted by Crippen LogP contribution is -1.87. The molecule has 1 aliphatic rings. The van der Waals surface area contributed by atoms with Crippen LogP contribution in [0.3, 0.4) is 0 Å². The fourth-order valence-electron chi connectivity index (χ4n) is 1.80. The predicted octanol–water partition coefficient (Wildman–Crippen LogP) is 1.91. The molecule has 96 valence electrons. The molecule has 3 heterocycles. The summed E-state index contributed by atoms with van der Waals surface area (Å²) in [6.45, 7) is 0. The van der Waals surface area contributed by atoms with E-state index in [1.807, 2.05) is 0 Å². The van der Waals surface area contributed by atoms with Crippen LogP contribution >= 0.6 is 11.8 Å². The van der Waals surface area contributed by atoms with E-state index in [1.54, 1.807) is 6.33 Å². The third kappa shape index (κ3) is 2.07. The number of thioether (sulfide) groups is 1. The molecule has 8 heteroatoms. The molecule has 0 aromatic carbocycles. The lowest BCUT2D eigenvalue weighted by Gasteiger charge is -1.98. The van der Waals surface area contributed by atoms with Gasteiger partial charge in [-0.05, 0) is 12.8 Å². The second-order valence-electron chi connectivity index (χ2n) is 4.38. The standard InChI is InChI=1S/C11H10N6OS/c1-2-6(1)10-17-16-7(18-10)3-19-11-8-9(13-4-12-8)14-5-15-11/h4-6H,1-3H2,(H,12,13,14,15). The zero-order valence-electron chi connectivity index (χ0n) is 9.91. The van der Waals surface area contributed by atoms with Gasteiger partial charge in [-0.1, -0.05) is 11.8 Å². The fraction of sp³-hybridized carbons (Fsp3) is 0.364. The average Bonchev–Trinajstić information content (AvgIpc) is 3.00. The van der Waals surface area contributed by atoms with E-state index in [0.29, 0.717) is 23.2 Å². The fourth-order valence-corrected chi connectivity index (χ4v) is 2.60. The van der Waals surface area contributed by atoms with Gasteiger partial charge in [0.15, 0.2) is 5.65 Å². The molecule has 1 fully saturated rings. The van der Waals surface area contributed by atoms with Gasteiger partial charge >= 0.3 is 0 Å². The molecule has 3 aromatic heterocycles. The van der Waals surface area contributed by atoms with Gasteiger partial charge < -0.3 is 9.40 Å². The maximum Gasteiger partial charge on any atom is 0.226 e. The first kappa shape index (κ1) is 10.9. The van der Waals surface area contributed by atoms with Crippen molar-refractivity contribution < 1.29 is 4.42 Å². The van der Waals surface area contributed by atoms with Gasteiger partial charge in [-0.15, -0.1) is 10.2 Å². The quantitative estimate of drug-likeness (QED) is 0.573. The number of H-pyrrole nitrogens is 1. The van der Waals surface area contributed by atoms with Crippen molar-refractivity contribution in [3.8, 4) is 0 Å². The van der Waals surface area contributed by atoms with Crippen molar-refractivity contribution in [1.29, 1.82) is 0 Å². The number of hydrogen-bond acceptors (Lipinski definition) is 7. The first-order valence-corrected chi connectivity index (χ1v) is 6.98. The van der Waals surface area contributed by atoms with E-state index in [-0.39, 0.29) is 0 Å². The highest BCUT2D eigenvalue weighted by atomic mass is 32.2. The van der Waals surface area contributed by atoms with Crippen LogP contribution in [0.1, 0.15) is 30.5 Å². The molecule has 3 aromatic rings. The van der Waals surface area contributed by atoms with Gasteiger partial charge in [-0.2, -0.15) is 0 Å². The van der Waals surface area contributed by atoms with E-state index < -0.39 is 0 Å². The van der Waals surface area contributed by atoms with Crippen molar-refractivity contribution in [2.24, 2.45) is 0 Å². The third-order valence-corrected chi connectivity index (χ3v) is 3.90. The first-order chi connectivity index (χ1) is 9.40. The molecule has 1 N–H and O–H groups in total. The van der Waals surface area contributed by atoms with Crippen LogP contribution in [0.4, 0.5) is 0 Å². The third-order valence-electron chi connectivity index (χ3n) is 2.93. The summed E-state index contributed by atoms with van der Waals surface area (Å²) in [7, 11) is 0. The van der Waals surface area contributed by atoms with Crippen LogP contribution < -0.4 is 0 Å². The molecule has 1 aliphatic carbocycles. The van der Waals surface area contributed by atoms with Crippen LogP contribution in [0.5, 0.6) is 0 Å². The predicted molar refractivity (Wildman–Crippen MR) is 67.5 cm³/mol. The number of fused-ring (bicyclic) bond motifs is 1. The van der Waals surface area contributed by atoms with Gasteiger partial charge in [0.05, 0.1) is 12.1 Å². The Kier molecular flexibility index (Phi) is 2.47. The number of rotatable bonds is 4. The van der Waals surface area contributed by atoms with E-state index in [0.717, 1.165) is 29.3 Å². The smallest absolute Gasteiger partial charge is 0.226 e. The molecule has 0 amide bonds. The van der Waals surface area contributed by atoms with Gasteiger partial charge in [-0.3, -0.25) is 0 Å². The van der Waals surface area contributed by atoms with Crippen molar-refractivity contribution in [2.75, 3.05) is 0 Å². The van der Waals surface area contributed by atoms with Gasteiger partial charge in [-0.25, -0.2) is 15.0 Å². The topological polar surface area (TPSA) is 93.4 Å². The highest BCUT2D eigenvalue weighted by Crippen LogP contribution is 2.39. The molecule has 0 atom stereocenters. The minimum Gasteiger partial charge on any atom is -0.424 e. The SMILES string of the molecule is c1nc(SCc2nnc(C3CC3)o2)c2[nH]cnc2n1. The summed E-state index contributed by atoms with van der Waals surface area (Å²) in [6, 6.07) is 0. The van der Waals surface area contributed by atoms with Crippen molar-refractivity contribution in [2.45, 2.75) is 29.5 Å². The Morgan fingerprint density at radius 1 is 1.26 bits per heavy atom. The summed E-state index contributed by atoms with van der Waals surface area (Å²) >= 11 is 1.53. The number of nitrogens with one attached hydrogen (secondary N) is 1. The highest BCUT2D eigenvalue weighted by Gasteiger charge is 2.29. The number of nitrogens with zero attached hydrogens (tertiary/aromatic N) is 5. The Morgan fingerprint density at radius 3 is 3.11 bits per heavy atom. The highest BCUT2D eigenvalue weighted by molar-refractivity contribution is 7.98. The average molecular weight is 274 g/mol. The zero-order chi connectivity index (χ0) is 12.7. The van der Waals surface area contributed by atoms with Crippen molar-refractivity contribution >= 4 is 22.9 Å². The summed E-state index contributed by atoms with van der Waals surface area (Å²) in [5.41, 5.74) is 1.51. The molecule has 0 saturated heterocycles. The van der Waals surface area contributed by atoms with E-state index in [2.05, 4.69) is 30.1 Å². The van der Waals surface area contributed by atoms with Gasteiger partial charge in [0, 0.05) is 5.92 Å². The van der Waals surface area contributed by atoms with E-state index in [4.69, 9.17) is 4.42 Å². The van der Waals surface area contributed by atoms with Gasteiger partial charge in [0.2, 0.25) is 11.8 Å². The largest absolute Gasteiger partial charge is 0.424 e. The van der Waals surface area contributed by atoms with E-state index >= 15 is 0 Å². The number of aromatic amines is 1. The van der Waals surface area contributed by atoms with Crippen LogP contribution in [0.15, 0.2) is 22.1 Å². The minimum atomic E-state index is 0.490. The van der Waals surface area contributed by atoms with E-state index in [1.165, 1.54) is 18.1 Å². The van der Waals surface area contributed by atoms with Crippen LogP contribution in [-0.4, -0.2) is 30.1 Å². The molecular weight excluding hydrogens is 264 g/mol. The summed E-state index contributed by atoms with van der Waals surface area (Å²) in [4.78, 5) is 15.4. The molecule has 0 spiro atoms. The molecule has 4 rings (SSSR count). The maximum atomic E-state index is 5.61. The monoisotopic (exact) mass is 274 g/mol. The van der Waals surface area contributed by atoms with Crippen LogP contribution in [0.2, 0.25) is 0 Å². The summed E-state index contributed by atoms with van der Waals surface area (Å²) in [5, 5.41) is 8.95. The van der Waals surface area contributed by atoms with Gasteiger partial charge in [0.25, 0.3) is 0 Å². The molecule has 0 radical (unpaired) electrons. The molecule has 1 saturated carbocycles. The molecular formula is C11H10N6OS. The van der Waals surface area contributed by atoms with Crippen LogP contribution in [0, 0.1) is 0 Å². The molecule has 19 heavy (non-hydrogen) atoms. The molecule has 0 aliphatic heterocycles. The molecule has 0 unspecified atom stereocenters. The normalized spacial score (nSPS) is 15.2. The lowest BCUT2D eigenvalue weighted by molar-refractivity contribution is 0.466. The Morgan fingerprint density at radius 2 is 2.21 bits per heavy atom. The summed E-state index contributed by atoms with van der Waals surface area (Å²) in [6.07, 6.45) is 5.45. The molecule has 0 bridgehead atoms. The second-order valence-corrected chi connectivity index (χ2v) is 5.34. The Labute approximate surface area is 112 Å². The minimum absolute atomic E-state index is 0.490. The van der Waals surface area contributed by atoms with Crippen molar-refractivity contribution in [3.63, 3.8) is 0 Å². The Bertz CT molecular complexity index is 719. The Balaban J connectivity index is 1.52.